The number of nitrogens with zero attached hydrogens (tertiary/aromatic N) is 3. The van der Waals surface area contributed by atoms with Crippen molar-refractivity contribution >= 4 is 25.6 Å². The van der Waals surface area contributed by atoms with E-state index in [4.69, 9.17) is 15.0 Å². The van der Waals surface area contributed by atoms with Crippen LogP contribution in [0.3, 0.4) is 0 Å². The molecule has 0 radical (unpaired) electrons. The van der Waals surface area contributed by atoms with Crippen molar-refractivity contribution in [2.45, 2.75) is 43.2 Å². The molecule has 1 saturated heterocycles. The van der Waals surface area contributed by atoms with Gasteiger partial charge in [-0.05, 0) is 0 Å². The molecule has 1 fully saturated rings. The molecule has 0 aromatic heterocycles. The van der Waals surface area contributed by atoms with Gasteiger partial charge in [0.05, 0.1) is 0 Å². The number of benzene rings is 1. The van der Waals surface area contributed by atoms with E-state index in [-0.39, 0.29) is 11.3 Å². The Kier molecular flexibility index (Phi) is 7.16. The summed E-state index contributed by atoms with van der Waals surface area (Å²) in [5, 5.41) is 23.1. The van der Waals surface area contributed by atoms with E-state index in [1.165, 1.54) is 6.92 Å². The molecule has 0 spiro atoms. The van der Waals surface area contributed by atoms with Gasteiger partial charge < -0.3 is 0 Å². The van der Waals surface area contributed by atoms with Crippen LogP contribution in [0.25, 0.3) is 10.4 Å². The number of hydrogen-bond donors (Lipinski definition) is 2. The zero-order valence-corrected chi connectivity index (χ0v) is 15.9. The summed E-state index contributed by atoms with van der Waals surface area (Å²) in [5.41, 5.74) is 10.2. The molecule has 1 heterocycles. The number of carbonyl (C=O) groups excluding carboxylic acids is 2. The molecule has 1 aromatic rings. The standard InChI is InChI=1S/C16H19N3O6Se/c1-8-3-5-10(6-4-8)15(23)26-16-14(22)12(18-19-17)13(21)11(25-16)7-24-9(2)20/h3-6,11-14,16,21-22H,7H2,1-2H3/t11-,12+,13+,14-,16+/m1/s1. The molecule has 1 aliphatic heterocycles. The molecule has 0 unspecified atom stereocenters. The molecule has 140 valence electrons. The van der Waals surface area contributed by atoms with Crippen molar-refractivity contribution in [2.75, 3.05) is 6.61 Å². The number of azide groups is 1. The van der Waals surface area contributed by atoms with Gasteiger partial charge in [0, 0.05) is 0 Å². The predicted octanol–water partition coefficient (Wildman–Crippen LogP) is 0.528. The molecule has 0 saturated carbocycles. The van der Waals surface area contributed by atoms with Crippen LogP contribution in [0.1, 0.15) is 22.8 Å². The van der Waals surface area contributed by atoms with E-state index in [9.17, 15) is 19.8 Å². The number of hydrogen-bond acceptors (Lipinski definition) is 7. The summed E-state index contributed by atoms with van der Waals surface area (Å²) in [4.78, 5) is 26.1. The van der Waals surface area contributed by atoms with Crippen molar-refractivity contribution in [1.82, 2.24) is 0 Å². The van der Waals surface area contributed by atoms with Crippen LogP contribution in [0.15, 0.2) is 29.4 Å². The summed E-state index contributed by atoms with van der Waals surface area (Å²) in [6, 6.07) is 5.77. The summed E-state index contributed by atoms with van der Waals surface area (Å²) in [5.74, 6) is -0.565. The molecule has 1 aliphatic rings. The Balaban J connectivity index is 2.16. The third-order valence-electron chi connectivity index (χ3n) is 3.81. The van der Waals surface area contributed by atoms with Gasteiger partial charge in [0.15, 0.2) is 0 Å². The van der Waals surface area contributed by atoms with Crippen molar-refractivity contribution in [3.05, 3.63) is 45.8 Å². The SMILES string of the molecule is CC(=O)OC[C@H]1O[C@@H]([Se]C(=O)c2ccc(C)cc2)[C@H](O)[C@@H](N=[N+]=[N-])[C@H]1O. The molecule has 5 atom stereocenters. The average molecular weight is 428 g/mol. The molecule has 2 N–H and O–H groups in total. The minimum absolute atomic E-state index is 0.205. The maximum atomic E-state index is 12.5. The Morgan fingerprint density at radius 2 is 1.96 bits per heavy atom. The number of aryl methyl sites for hydroxylation is 1. The first-order chi connectivity index (χ1) is 12.3. The molecule has 9 nitrogen and oxygen atoms in total. The molecule has 2 rings (SSSR count). The van der Waals surface area contributed by atoms with Gasteiger partial charge in [-0.15, -0.1) is 0 Å². The van der Waals surface area contributed by atoms with Crippen molar-refractivity contribution in [1.29, 1.82) is 0 Å². The zero-order valence-electron chi connectivity index (χ0n) is 14.2. The quantitative estimate of drug-likeness (QED) is 0.223. The van der Waals surface area contributed by atoms with Crippen molar-refractivity contribution < 1.29 is 29.3 Å². The number of aliphatic hydroxyl groups is 2. The summed E-state index contributed by atoms with van der Waals surface area (Å²) in [6.07, 6.45) is -3.71. The van der Waals surface area contributed by atoms with Gasteiger partial charge in [0.2, 0.25) is 0 Å². The van der Waals surface area contributed by atoms with Gasteiger partial charge in [0.1, 0.15) is 0 Å². The van der Waals surface area contributed by atoms with Gasteiger partial charge in [-0.2, -0.15) is 0 Å². The van der Waals surface area contributed by atoms with Gasteiger partial charge >= 0.3 is 156 Å². The summed E-state index contributed by atoms with van der Waals surface area (Å²) >= 11 is -0.841. The van der Waals surface area contributed by atoms with Crippen LogP contribution < -0.4 is 0 Å². The minimum atomic E-state index is -1.36. The van der Waals surface area contributed by atoms with Crippen LogP contribution in [0.4, 0.5) is 0 Å². The van der Waals surface area contributed by atoms with E-state index in [0.717, 1.165) is 5.56 Å². The topological polar surface area (TPSA) is 142 Å². The molecule has 0 amide bonds. The van der Waals surface area contributed by atoms with Crippen LogP contribution in [0.2, 0.25) is 0 Å². The van der Waals surface area contributed by atoms with Gasteiger partial charge in [-0.3, -0.25) is 0 Å². The Hall–Kier alpha value is -1.93. The fourth-order valence-electron chi connectivity index (χ4n) is 2.41. The first-order valence-electron chi connectivity index (χ1n) is 7.80. The van der Waals surface area contributed by atoms with Crippen molar-refractivity contribution in [3.63, 3.8) is 0 Å². The second-order valence-corrected chi connectivity index (χ2v) is 8.04. The third kappa shape index (κ3) is 5.04. The molecule has 10 heteroatoms. The zero-order chi connectivity index (χ0) is 19.3. The van der Waals surface area contributed by atoms with Crippen LogP contribution in [-0.4, -0.2) is 71.8 Å². The van der Waals surface area contributed by atoms with E-state index in [1.807, 2.05) is 6.92 Å². The third-order valence-corrected chi connectivity index (χ3v) is 6.06. The van der Waals surface area contributed by atoms with E-state index >= 15 is 0 Å². The molecular weight excluding hydrogens is 409 g/mol. The predicted molar refractivity (Wildman–Crippen MR) is 91.5 cm³/mol. The van der Waals surface area contributed by atoms with Crippen LogP contribution in [-0.2, 0) is 14.3 Å². The summed E-state index contributed by atoms with van der Waals surface area (Å²) < 4.78 is 10.2. The van der Waals surface area contributed by atoms with E-state index in [2.05, 4.69) is 10.0 Å². The van der Waals surface area contributed by atoms with E-state index < -0.39 is 50.3 Å². The fourth-order valence-corrected chi connectivity index (χ4v) is 4.47. The number of carbonyl (C=O) groups is 2. The van der Waals surface area contributed by atoms with E-state index in [0.29, 0.717) is 5.56 Å². The molecule has 1 aromatic carbocycles. The second-order valence-electron chi connectivity index (χ2n) is 5.79. The Labute approximate surface area is 156 Å². The first-order valence-corrected chi connectivity index (χ1v) is 9.65. The first kappa shape index (κ1) is 20.4. The number of rotatable bonds is 6. The van der Waals surface area contributed by atoms with Crippen LogP contribution in [0.5, 0.6) is 0 Å². The Bertz CT molecular complexity index is 706. The molecule has 0 bridgehead atoms. The number of ether oxygens (including phenoxy) is 2. The fraction of sp³-hybridized carbons (Fsp3) is 0.500. The van der Waals surface area contributed by atoms with Crippen LogP contribution in [0, 0.1) is 6.92 Å². The Morgan fingerprint density at radius 1 is 1.31 bits per heavy atom. The summed E-state index contributed by atoms with van der Waals surface area (Å²) in [6.45, 7) is 2.84. The maximum absolute atomic E-state index is 12.5. The summed E-state index contributed by atoms with van der Waals surface area (Å²) in [7, 11) is 0. The van der Waals surface area contributed by atoms with Crippen molar-refractivity contribution in [2.24, 2.45) is 5.11 Å². The van der Waals surface area contributed by atoms with E-state index in [1.54, 1.807) is 24.3 Å². The number of aliphatic hydroxyl groups excluding tert-OH is 2. The van der Waals surface area contributed by atoms with Crippen molar-refractivity contribution in [3.8, 4) is 0 Å². The van der Waals surface area contributed by atoms with Crippen LogP contribution >= 0.6 is 0 Å². The molecule has 0 aliphatic carbocycles. The number of esters is 1. The molecular formula is C16H19N3O6Se. The van der Waals surface area contributed by atoms with Gasteiger partial charge in [-0.1, -0.05) is 0 Å². The average Bonchev–Trinajstić information content (AvgIpc) is 2.60. The molecule has 26 heavy (non-hydrogen) atoms. The second kappa shape index (κ2) is 9.14. The van der Waals surface area contributed by atoms with Gasteiger partial charge in [0.25, 0.3) is 0 Å². The normalized spacial score (nSPS) is 28.1. The monoisotopic (exact) mass is 429 g/mol. The van der Waals surface area contributed by atoms with Gasteiger partial charge in [-0.25, -0.2) is 0 Å². The Morgan fingerprint density at radius 3 is 2.54 bits per heavy atom.